The monoisotopic (exact) mass is 287 g/mol. The highest BCUT2D eigenvalue weighted by Crippen LogP contribution is 2.44. The molecule has 0 radical (unpaired) electrons. The number of hydrogen-bond donors (Lipinski definition) is 1. The maximum Gasteiger partial charge on any atom is 0.0587 e. The normalized spacial score (nSPS) is 31.7. The van der Waals surface area contributed by atoms with Gasteiger partial charge in [0, 0.05) is 26.2 Å². The number of benzene rings is 1. The molecule has 1 fully saturated rings. The van der Waals surface area contributed by atoms with Crippen LogP contribution in [0.4, 0.5) is 0 Å². The lowest BCUT2D eigenvalue weighted by Gasteiger charge is -2.48. The molecule has 1 aromatic carbocycles. The summed E-state index contributed by atoms with van der Waals surface area (Å²) in [5, 5.41) is 0. The molecule has 116 valence electrons. The molecular formula is C18H29N3. The van der Waals surface area contributed by atoms with Crippen molar-refractivity contribution in [1.82, 2.24) is 9.80 Å². The molecule has 0 saturated carbocycles. The molecule has 21 heavy (non-hydrogen) atoms. The standard InChI is InChI=1S/C18H29N3/c1-15-8-9-18(14-19,17-7-4-3-6-16(15)17)21-11-5-10-20(2)12-13-21/h3-4,6-7,15H,5,8-14,19H2,1-2H3. The second kappa shape index (κ2) is 6.07. The fraction of sp³-hybridized carbons (Fsp3) is 0.667. The van der Waals surface area contributed by atoms with Gasteiger partial charge in [0.2, 0.25) is 0 Å². The molecular weight excluding hydrogens is 258 g/mol. The van der Waals surface area contributed by atoms with Crippen molar-refractivity contribution in [3.63, 3.8) is 0 Å². The summed E-state index contributed by atoms with van der Waals surface area (Å²) in [6.45, 7) is 7.76. The van der Waals surface area contributed by atoms with Gasteiger partial charge >= 0.3 is 0 Å². The highest BCUT2D eigenvalue weighted by atomic mass is 15.3. The Balaban J connectivity index is 1.98. The van der Waals surface area contributed by atoms with E-state index in [2.05, 4.69) is 48.0 Å². The van der Waals surface area contributed by atoms with E-state index < -0.39 is 0 Å². The third kappa shape index (κ3) is 2.63. The summed E-state index contributed by atoms with van der Waals surface area (Å²) in [6, 6.07) is 9.00. The summed E-state index contributed by atoms with van der Waals surface area (Å²) < 4.78 is 0. The Morgan fingerprint density at radius 2 is 2.00 bits per heavy atom. The van der Waals surface area contributed by atoms with Gasteiger partial charge in [-0.15, -0.1) is 0 Å². The first-order chi connectivity index (χ1) is 10.2. The fourth-order valence-electron chi connectivity index (χ4n) is 4.24. The van der Waals surface area contributed by atoms with Gasteiger partial charge in [-0.25, -0.2) is 0 Å². The van der Waals surface area contributed by atoms with Crippen molar-refractivity contribution in [2.45, 2.75) is 37.6 Å². The van der Waals surface area contributed by atoms with Gasteiger partial charge in [0.15, 0.2) is 0 Å². The molecule has 0 spiro atoms. The first-order valence-corrected chi connectivity index (χ1v) is 8.40. The van der Waals surface area contributed by atoms with Crippen molar-refractivity contribution >= 4 is 0 Å². The maximum atomic E-state index is 6.36. The summed E-state index contributed by atoms with van der Waals surface area (Å²) in [4.78, 5) is 5.13. The predicted octanol–water partition coefficient (Wildman–Crippen LogP) is 2.38. The molecule has 2 unspecified atom stereocenters. The lowest BCUT2D eigenvalue weighted by Crippen LogP contribution is -2.54. The van der Waals surface area contributed by atoms with Crippen molar-refractivity contribution in [2.24, 2.45) is 5.73 Å². The summed E-state index contributed by atoms with van der Waals surface area (Å²) in [6.07, 6.45) is 3.70. The Labute approximate surface area is 129 Å². The van der Waals surface area contributed by atoms with E-state index in [1.165, 1.54) is 43.5 Å². The second-order valence-corrected chi connectivity index (χ2v) is 6.91. The van der Waals surface area contributed by atoms with Crippen molar-refractivity contribution in [3.8, 4) is 0 Å². The van der Waals surface area contributed by atoms with Crippen LogP contribution in [0.3, 0.4) is 0 Å². The zero-order valence-electron chi connectivity index (χ0n) is 13.5. The Hall–Kier alpha value is -0.900. The van der Waals surface area contributed by atoms with Crippen molar-refractivity contribution < 1.29 is 0 Å². The fourth-order valence-corrected chi connectivity index (χ4v) is 4.24. The number of likely N-dealkylation sites (N-methyl/N-ethyl adjacent to an activating group) is 1. The second-order valence-electron chi connectivity index (χ2n) is 6.91. The molecule has 0 aromatic heterocycles. The molecule has 2 N–H and O–H groups in total. The Morgan fingerprint density at radius 3 is 2.81 bits per heavy atom. The van der Waals surface area contributed by atoms with Crippen LogP contribution in [0.5, 0.6) is 0 Å². The molecule has 1 heterocycles. The van der Waals surface area contributed by atoms with E-state index in [-0.39, 0.29) is 5.54 Å². The first-order valence-electron chi connectivity index (χ1n) is 8.40. The van der Waals surface area contributed by atoms with Crippen LogP contribution in [0.2, 0.25) is 0 Å². The van der Waals surface area contributed by atoms with Gasteiger partial charge in [-0.2, -0.15) is 0 Å². The zero-order valence-corrected chi connectivity index (χ0v) is 13.5. The Kier molecular flexibility index (Phi) is 4.34. The smallest absolute Gasteiger partial charge is 0.0587 e. The van der Waals surface area contributed by atoms with E-state index in [4.69, 9.17) is 5.73 Å². The largest absolute Gasteiger partial charge is 0.328 e. The van der Waals surface area contributed by atoms with Crippen LogP contribution in [-0.4, -0.2) is 49.6 Å². The van der Waals surface area contributed by atoms with Crippen LogP contribution >= 0.6 is 0 Å². The van der Waals surface area contributed by atoms with E-state index in [1.54, 1.807) is 0 Å². The summed E-state index contributed by atoms with van der Waals surface area (Å²) in [5.74, 6) is 0.663. The number of hydrogen-bond acceptors (Lipinski definition) is 3. The molecule has 1 saturated heterocycles. The molecule has 2 atom stereocenters. The van der Waals surface area contributed by atoms with Gasteiger partial charge < -0.3 is 10.6 Å². The van der Waals surface area contributed by atoms with Gasteiger partial charge in [-0.05, 0) is 49.9 Å². The number of nitrogens with two attached hydrogens (primary N) is 1. The SMILES string of the molecule is CC1CCC(CN)(N2CCCN(C)CC2)c2ccccc21. The van der Waals surface area contributed by atoms with E-state index in [0.717, 1.165) is 19.6 Å². The van der Waals surface area contributed by atoms with E-state index in [9.17, 15) is 0 Å². The van der Waals surface area contributed by atoms with E-state index >= 15 is 0 Å². The molecule has 3 rings (SSSR count). The topological polar surface area (TPSA) is 32.5 Å². The lowest BCUT2D eigenvalue weighted by atomic mass is 9.71. The molecule has 0 amide bonds. The van der Waals surface area contributed by atoms with Crippen molar-refractivity contribution in [1.29, 1.82) is 0 Å². The van der Waals surface area contributed by atoms with Crippen molar-refractivity contribution in [2.75, 3.05) is 39.8 Å². The molecule has 3 nitrogen and oxygen atoms in total. The van der Waals surface area contributed by atoms with Crippen LogP contribution < -0.4 is 5.73 Å². The number of fused-ring (bicyclic) bond motifs is 1. The van der Waals surface area contributed by atoms with Crippen molar-refractivity contribution in [3.05, 3.63) is 35.4 Å². The van der Waals surface area contributed by atoms with E-state index in [1.807, 2.05) is 0 Å². The Morgan fingerprint density at radius 1 is 1.19 bits per heavy atom. The third-order valence-corrected chi connectivity index (χ3v) is 5.65. The highest BCUT2D eigenvalue weighted by Gasteiger charge is 2.42. The minimum atomic E-state index is 0.0638. The molecule has 1 aliphatic carbocycles. The third-order valence-electron chi connectivity index (χ3n) is 5.65. The van der Waals surface area contributed by atoms with Gasteiger partial charge in [0.1, 0.15) is 0 Å². The molecule has 0 bridgehead atoms. The van der Waals surface area contributed by atoms with Gasteiger partial charge in [0.25, 0.3) is 0 Å². The van der Waals surface area contributed by atoms with Crippen LogP contribution in [0.25, 0.3) is 0 Å². The van der Waals surface area contributed by atoms with Crippen LogP contribution in [-0.2, 0) is 5.54 Å². The summed E-state index contributed by atoms with van der Waals surface area (Å²) in [7, 11) is 2.23. The average molecular weight is 287 g/mol. The lowest BCUT2D eigenvalue weighted by molar-refractivity contribution is 0.0750. The van der Waals surface area contributed by atoms with Crippen LogP contribution in [0.15, 0.2) is 24.3 Å². The Bertz CT molecular complexity index is 487. The van der Waals surface area contributed by atoms with Gasteiger partial charge in [0.05, 0.1) is 5.54 Å². The summed E-state index contributed by atoms with van der Waals surface area (Å²) >= 11 is 0. The minimum Gasteiger partial charge on any atom is -0.328 e. The maximum absolute atomic E-state index is 6.36. The van der Waals surface area contributed by atoms with Crippen LogP contribution in [0, 0.1) is 0 Å². The number of rotatable bonds is 2. The molecule has 2 aliphatic rings. The predicted molar refractivity (Wildman–Crippen MR) is 88.5 cm³/mol. The molecule has 1 aliphatic heterocycles. The van der Waals surface area contributed by atoms with Gasteiger partial charge in [-0.3, -0.25) is 4.90 Å². The minimum absolute atomic E-state index is 0.0638. The first kappa shape index (κ1) is 15.0. The van der Waals surface area contributed by atoms with Crippen LogP contribution in [0.1, 0.15) is 43.2 Å². The highest BCUT2D eigenvalue weighted by molar-refractivity contribution is 5.39. The quantitative estimate of drug-likeness (QED) is 0.906. The molecule has 3 heteroatoms. The molecule has 1 aromatic rings. The zero-order chi connectivity index (χ0) is 14.9. The van der Waals surface area contributed by atoms with E-state index in [0.29, 0.717) is 5.92 Å². The number of nitrogens with zero attached hydrogens (tertiary/aromatic N) is 2. The summed E-state index contributed by atoms with van der Waals surface area (Å²) in [5.41, 5.74) is 9.44. The average Bonchev–Trinajstić information content (AvgIpc) is 2.74. The van der Waals surface area contributed by atoms with Gasteiger partial charge in [-0.1, -0.05) is 31.2 Å².